The summed E-state index contributed by atoms with van der Waals surface area (Å²) in [6.45, 7) is 9.35. The van der Waals surface area contributed by atoms with E-state index in [1.54, 1.807) is 6.07 Å². The van der Waals surface area contributed by atoms with Gasteiger partial charge in [-0.2, -0.15) is 0 Å². The van der Waals surface area contributed by atoms with E-state index in [9.17, 15) is 9.90 Å². The lowest BCUT2D eigenvalue weighted by molar-refractivity contribution is 0.0691. The number of carboxylic acids is 1. The molecule has 0 atom stereocenters. The zero-order chi connectivity index (χ0) is 15.6. The lowest BCUT2D eigenvalue weighted by Gasteiger charge is -2.30. The molecule has 4 nitrogen and oxygen atoms in total. The molecule has 0 radical (unpaired) electrons. The first-order valence-corrected chi connectivity index (χ1v) is 7.30. The van der Waals surface area contributed by atoms with Crippen molar-refractivity contribution in [1.82, 2.24) is 4.98 Å². The number of benzene rings is 1. The Morgan fingerprint density at radius 1 is 1.24 bits per heavy atom. The number of anilines is 1. The van der Waals surface area contributed by atoms with Crippen LogP contribution in [0.25, 0.3) is 10.8 Å². The predicted molar refractivity (Wildman–Crippen MR) is 86.0 cm³/mol. The molecule has 1 heterocycles. The third kappa shape index (κ3) is 3.32. The summed E-state index contributed by atoms with van der Waals surface area (Å²) in [6, 6.07) is 9.70. The third-order valence-electron chi connectivity index (χ3n) is 3.40. The Kier molecular flexibility index (Phi) is 4.46. The fourth-order valence-electron chi connectivity index (χ4n) is 2.44. The summed E-state index contributed by atoms with van der Waals surface area (Å²) in [4.78, 5) is 17.9. The highest BCUT2D eigenvalue weighted by molar-refractivity contribution is 5.98. The van der Waals surface area contributed by atoms with E-state index in [0.717, 1.165) is 23.1 Å². The summed E-state index contributed by atoms with van der Waals surface area (Å²) in [5, 5.41) is 11.2. The molecule has 0 aliphatic heterocycles. The van der Waals surface area contributed by atoms with Crippen molar-refractivity contribution in [3.05, 3.63) is 36.0 Å². The van der Waals surface area contributed by atoms with E-state index in [1.807, 2.05) is 24.3 Å². The van der Waals surface area contributed by atoms with E-state index in [0.29, 0.717) is 5.92 Å². The Morgan fingerprint density at radius 2 is 1.90 bits per heavy atom. The van der Waals surface area contributed by atoms with Crippen molar-refractivity contribution >= 4 is 22.6 Å². The van der Waals surface area contributed by atoms with Gasteiger partial charge in [0.15, 0.2) is 5.69 Å². The normalized spacial score (nSPS) is 11.3. The van der Waals surface area contributed by atoms with Crippen LogP contribution in [0.1, 0.15) is 38.2 Å². The molecule has 0 aliphatic carbocycles. The number of nitrogens with zero attached hydrogens (tertiary/aromatic N) is 2. The monoisotopic (exact) mass is 286 g/mol. The second kappa shape index (κ2) is 6.12. The molecule has 0 aliphatic rings. The molecule has 0 amide bonds. The molecular weight excluding hydrogens is 264 g/mol. The highest BCUT2D eigenvalue weighted by Crippen LogP contribution is 2.28. The van der Waals surface area contributed by atoms with Crippen LogP contribution in [0.2, 0.25) is 0 Å². The zero-order valence-corrected chi connectivity index (χ0v) is 13.0. The Bertz CT molecular complexity index is 650. The van der Waals surface area contributed by atoms with Gasteiger partial charge in [-0.3, -0.25) is 0 Å². The first kappa shape index (κ1) is 15.3. The van der Waals surface area contributed by atoms with E-state index in [2.05, 4.69) is 37.6 Å². The van der Waals surface area contributed by atoms with E-state index in [1.165, 1.54) is 0 Å². The number of aromatic carboxylic acids is 1. The second-order valence-electron chi connectivity index (χ2n) is 6.00. The molecule has 0 bridgehead atoms. The minimum atomic E-state index is -0.991. The lowest BCUT2D eigenvalue weighted by atomic mass is 10.1. The van der Waals surface area contributed by atoms with E-state index < -0.39 is 5.97 Å². The van der Waals surface area contributed by atoms with Crippen molar-refractivity contribution in [3.8, 4) is 0 Å². The molecule has 0 spiro atoms. The zero-order valence-electron chi connectivity index (χ0n) is 13.0. The number of carbonyl (C=O) groups is 1. The van der Waals surface area contributed by atoms with Crippen LogP contribution in [-0.2, 0) is 0 Å². The minimum absolute atomic E-state index is 0.0955. The first-order chi connectivity index (χ1) is 9.90. The number of rotatable bonds is 5. The molecule has 0 saturated heterocycles. The summed E-state index contributed by atoms with van der Waals surface area (Å²) in [7, 11) is 0. The largest absolute Gasteiger partial charge is 0.477 e. The molecule has 0 unspecified atom stereocenters. The minimum Gasteiger partial charge on any atom is -0.477 e. The Labute approximate surface area is 125 Å². The quantitative estimate of drug-likeness (QED) is 0.908. The van der Waals surface area contributed by atoms with Crippen LogP contribution in [0.15, 0.2) is 30.3 Å². The van der Waals surface area contributed by atoms with Crippen molar-refractivity contribution < 1.29 is 9.90 Å². The number of hydrogen-bond donors (Lipinski definition) is 1. The number of carboxylic acid groups (broad SMARTS) is 1. The highest BCUT2D eigenvalue weighted by atomic mass is 16.4. The molecule has 4 heteroatoms. The standard InChI is InChI=1S/C17H22N2O2/c1-11(2)10-19(12(3)4)16-14-8-6-5-7-13(14)9-15(18-16)17(20)21/h5-9,11-12H,10H2,1-4H3,(H,20,21). The topological polar surface area (TPSA) is 53.4 Å². The van der Waals surface area contributed by atoms with Crippen LogP contribution in [0, 0.1) is 5.92 Å². The molecular formula is C17H22N2O2. The number of pyridine rings is 1. The van der Waals surface area contributed by atoms with Crippen LogP contribution in [0.4, 0.5) is 5.82 Å². The molecule has 0 saturated carbocycles. The van der Waals surface area contributed by atoms with Crippen molar-refractivity contribution in [2.75, 3.05) is 11.4 Å². The molecule has 1 aromatic heterocycles. The Balaban J connectivity index is 2.66. The highest BCUT2D eigenvalue weighted by Gasteiger charge is 2.19. The van der Waals surface area contributed by atoms with Gasteiger partial charge in [0.25, 0.3) is 0 Å². The number of aromatic nitrogens is 1. The van der Waals surface area contributed by atoms with Gasteiger partial charge in [0.2, 0.25) is 0 Å². The van der Waals surface area contributed by atoms with Crippen LogP contribution in [-0.4, -0.2) is 28.6 Å². The van der Waals surface area contributed by atoms with Crippen LogP contribution < -0.4 is 4.90 Å². The van der Waals surface area contributed by atoms with Crippen molar-refractivity contribution in [2.24, 2.45) is 5.92 Å². The fourth-order valence-corrected chi connectivity index (χ4v) is 2.44. The summed E-state index contributed by atoms with van der Waals surface area (Å²) >= 11 is 0. The van der Waals surface area contributed by atoms with Crippen molar-refractivity contribution in [3.63, 3.8) is 0 Å². The molecule has 112 valence electrons. The van der Waals surface area contributed by atoms with Crippen LogP contribution in [0.5, 0.6) is 0 Å². The predicted octanol–water partition coefficient (Wildman–Crippen LogP) is 3.80. The van der Waals surface area contributed by atoms with Gasteiger partial charge in [0.05, 0.1) is 0 Å². The summed E-state index contributed by atoms with van der Waals surface area (Å²) in [5.41, 5.74) is 0.0955. The van der Waals surface area contributed by atoms with Gasteiger partial charge in [-0.25, -0.2) is 9.78 Å². The molecule has 2 aromatic rings. The molecule has 1 N–H and O–H groups in total. The lowest BCUT2D eigenvalue weighted by Crippen LogP contribution is -2.35. The summed E-state index contributed by atoms with van der Waals surface area (Å²) in [5.74, 6) is 0.242. The average molecular weight is 286 g/mol. The maximum atomic E-state index is 11.3. The molecule has 21 heavy (non-hydrogen) atoms. The van der Waals surface area contributed by atoms with Crippen LogP contribution in [0.3, 0.4) is 0 Å². The number of fused-ring (bicyclic) bond motifs is 1. The first-order valence-electron chi connectivity index (χ1n) is 7.30. The SMILES string of the molecule is CC(C)CN(c1nc(C(=O)O)cc2ccccc12)C(C)C. The van der Waals surface area contributed by atoms with Crippen molar-refractivity contribution in [1.29, 1.82) is 0 Å². The molecule has 1 aromatic carbocycles. The van der Waals surface area contributed by atoms with Gasteiger partial charge >= 0.3 is 5.97 Å². The van der Waals surface area contributed by atoms with Gasteiger partial charge in [-0.15, -0.1) is 0 Å². The average Bonchev–Trinajstić information content (AvgIpc) is 2.43. The molecule has 0 fully saturated rings. The second-order valence-corrected chi connectivity index (χ2v) is 6.00. The maximum absolute atomic E-state index is 11.3. The van der Waals surface area contributed by atoms with E-state index in [4.69, 9.17) is 0 Å². The van der Waals surface area contributed by atoms with Gasteiger partial charge in [0, 0.05) is 18.0 Å². The summed E-state index contributed by atoms with van der Waals surface area (Å²) < 4.78 is 0. The molecule has 2 rings (SSSR count). The summed E-state index contributed by atoms with van der Waals surface area (Å²) in [6.07, 6.45) is 0. The van der Waals surface area contributed by atoms with Crippen LogP contribution >= 0.6 is 0 Å². The van der Waals surface area contributed by atoms with E-state index in [-0.39, 0.29) is 11.7 Å². The van der Waals surface area contributed by atoms with E-state index >= 15 is 0 Å². The van der Waals surface area contributed by atoms with Gasteiger partial charge < -0.3 is 10.0 Å². The number of hydrogen-bond acceptors (Lipinski definition) is 3. The van der Waals surface area contributed by atoms with Gasteiger partial charge in [-0.05, 0) is 31.2 Å². The Hall–Kier alpha value is -2.10. The third-order valence-corrected chi connectivity index (χ3v) is 3.40. The fraction of sp³-hybridized carbons (Fsp3) is 0.412. The van der Waals surface area contributed by atoms with Gasteiger partial charge in [-0.1, -0.05) is 38.1 Å². The maximum Gasteiger partial charge on any atom is 0.354 e. The van der Waals surface area contributed by atoms with Crippen molar-refractivity contribution in [2.45, 2.75) is 33.7 Å². The smallest absolute Gasteiger partial charge is 0.354 e. The Morgan fingerprint density at radius 3 is 2.48 bits per heavy atom. The van der Waals surface area contributed by atoms with Gasteiger partial charge in [0.1, 0.15) is 5.82 Å².